The van der Waals surface area contributed by atoms with Gasteiger partial charge >= 0.3 is 12.7 Å². The summed E-state index contributed by atoms with van der Waals surface area (Å²) in [7, 11) is 0. The van der Waals surface area contributed by atoms with E-state index in [1.165, 1.54) is 148 Å². The second kappa shape index (κ2) is 23.2. The zero-order chi connectivity index (χ0) is 46.5. The molecule has 2 nitrogen and oxygen atoms in total. The van der Waals surface area contributed by atoms with Crippen LogP contribution >= 0.6 is 0 Å². The van der Waals surface area contributed by atoms with Crippen molar-refractivity contribution >= 4 is 21.5 Å². The molecule has 0 atom stereocenters. The van der Waals surface area contributed by atoms with E-state index in [2.05, 4.69) is 84.0 Å². The van der Waals surface area contributed by atoms with Crippen molar-refractivity contribution < 1.29 is 35.8 Å². The third kappa shape index (κ3) is 15.0. The molecule has 8 heteroatoms. The first-order valence-corrected chi connectivity index (χ1v) is 24.5. The highest BCUT2D eigenvalue weighted by Gasteiger charge is 2.32. The fourth-order valence-electron chi connectivity index (χ4n) is 10.4. The molecule has 6 aromatic carbocycles. The number of unbranched alkanes of at least 4 members (excludes halogenated alkanes) is 2. The van der Waals surface area contributed by atoms with E-state index in [1.807, 2.05) is 24.3 Å². The van der Waals surface area contributed by atoms with Crippen molar-refractivity contribution in [2.45, 2.75) is 154 Å². The van der Waals surface area contributed by atoms with Gasteiger partial charge < -0.3 is 9.47 Å². The Morgan fingerprint density at radius 3 is 1.15 bits per heavy atom. The summed E-state index contributed by atoms with van der Waals surface area (Å²) in [6, 6.07) is 39.1. The topological polar surface area (TPSA) is 18.5 Å². The van der Waals surface area contributed by atoms with Crippen molar-refractivity contribution in [2.24, 2.45) is 11.8 Å². The van der Waals surface area contributed by atoms with Crippen LogP contribution in [0.5, 0.6) is 11.5 Å². The molecule has 2 aliphatic rings. The Bertz CT molecular complexity index is 2400. The minimum atomic E-state index is -4.67. The molecule has 0 heterocycles. The van der Waals surface area contributed by atoms with Crippen LogP contribution in [0.2, 0.25) is 0 Å². The average Bonchev–Trinajstić information content (AvgIpc) is 3.30. The van der Waals surface area contributed by atoms with E-state index < -0.39 is 12.7 Å². The van der Waals surface area contributed by atoms with Crippen LogP contribution in [0, 0.1) is 11.8 Å². The molecular formula is C58H66F6O2. The molecule has 0 unspecified atom stereocenters. The molecule has 352 valence electrons. The van der Waals surface area contributed by atoms with Crippen LogP contribution < -0.4 is 9.47 Å². The number of aryl methyl sites for hydroxylation is 4. The quantitative estimate of drug-likeness (QED) is 0.0712. The van der Waals surface area contributed by atoms with Crippen molar-refractivity contribution in [3.8, 4) is 11.5 Å². The number of benzene rings is 6. The second-order valence-corrected chi connectivity index (χ2v) is 19.0. The maximum Gasteiger partial charge on any atom is 0.573 e. The van der Waals surface area contributed by atoms with Gasteiger partial charge in [0.25, 0.3) is 0 Å². The molecule has 66 heavy (non-hydrogen) atoms. The van der Waals surface area contributed by atoms with E-state index >= 15 is 0 Å². The Morgan fingerprint density at radius 2 is 0.758 bits per heavy atom. The number of hydrogen-bond acceptors (Lipinski definition) is 2. The second-order valence-electron chi connectivity index (χ2n) is 19.0. The minimum Gasteiger partial charge on any atom is -0.406 e. The van der Waals surface area contributed by atoms with Crippen LogP contribution in [0.25, 0.3) is 21.5 Å². The maximum atomic E-state index is 12.4. The predicted molar refractivity (Wildman–Crippen MR) is 257 cm³/mol. The van der Waals surface area contributed by atoms with Crippen LogP contribution in [0.15, 0.2) is 121 Å². The third-order valence-electron chi connectivity index (χ3n) is 14.1. The normalized spacial score (nSPS) is 19.0. The Kier molecular flexibility index (Phi) is 17.2. The van der Waals surface area contributed by atoms with Gasteiger partial charge in [-0.25, -0.2) is 0 Å². The van der Waals surface area contributed by atoms with Crippen molar-refractivity contribution in [3.63, 3.8) is 0 Å². The summed E-state index contributed by atoms with van der Waals surface area (Å²) in [4.78, 5) is 0. The van der Waals surface area contributed by atoms with Crippen LogP contribution in [0.3, 0.4) is 0 Å². The van der Waals surface area contributed by atoms with Gasteiger partial charge in [-0.05, 0) is 180 Å². The lowest BCUT2D eigenvalue weighted by molar-refractivity contribution is -0.275. The smallest absolute Gasteiger partial charge is 0.406 e. The van der Waals surface area contributed by atoms with Crippen molar-refractivity contribution in [3.05, 3.63) is 155 Å². The van der Waals surface area contributed by atoms with Gasteiger partial charge in [0.2, 0.25) is 0 Å². The van der Waals surface area contributed by atoms with E-state index in [-0.39, 0.29) is 11.5 Å². The molecule has 0 bridgehead atoms. The molecule has 2 aliphatic carbocycles. The molecule has 0 saturated heterocycles. The first kappa shape index (κ1) is 48.9. The lowest BCUT2D eigenvalue weighted by Gasteiger charge is -2.29. The van der Waals surface area contributed by atoms with Gasteiger partial charge in [-0.2, -0.15) is 0 Å². The number of alkyl halides is 6. The molecule has 0 N–H and O–H groups in total. The van der Waals surface area contributed by atoms with Gasteiger partial charge in [0.05, 0.1) is 0 Å². The molecular weight excluding hydrogens is 843 g/mol. The molecule has 8 rings (SSSR count). The Labute approximate surface area is 388 Å². The summed E-state index contributed by atoms with van der Waals surface area (Å²) in [6.45, 7) is 4.56. The van der Waals surface area contributed by atoms with Crippen LogP contribution in [-0.2, 0) is 25.7 Å². The predicted octanol–water partition coefficient (Wildman–Crippen LogP) is 18.0. The standard InChI is InChI=1S/C30H35F3O.C28H31F3O/c1-2-3-4-5-22-8-13-25(14-9-22)26-15-10-23(11-16-26)6-7-24-12-17-28-21-29(34-30(31,32)33)19-18-27(28)20-24;1-2-3-20-6-11-23(12-7-20)24-13-8-21(9-14-24)4-5-22-10-15-26-19-27(32-28(29,30)31)17-16-25(26)18-22/h10-12,15-22,25H,2-9,13-14H2,1H3;8-10,13-20,23H,2-7,11-12H2,1H3/t22-,25-;20-,23-. The van der Waals surface area contributed by atoms with E-state index in [0.29, 0.717) is 11.8 Å². The Balaban J connectivity index is 0.000000197. The highest BCUT2D eigenvalue weighted by atomic mass is 19.4. The first-order valence-electron chi connectivity index (χ1n) is 24.5. The van der Waals surface area contributed by atoms with Gasteiger partial charge in [-0.1, -0.05) is 149 Å². The summed E-state index contributed by atoms with van der Waals surface area (Å²) >= 11 is 0. The fraction of sp³-hybridized carbons (Fsp3) is 0.448. The molecule has 0 amide bonds. The number of ether oxygens (including phenoxy) is 2. The average molecular weight is 909 g/mol. The van der Waals surface area contributed by atoms with Crippen molar-refractivity contribution in [2.75, 3.05) is 0 Å². The van der Waals surface area contributed by atoms with Gasteiger partial charge in [0.15, 0.2) is 0 Å². The lowest BCUT2D eigenvalue weighted by Crippen LogP contribution is -2.17. The summed E-state index contributed by atoms with van der Waals surface area (Å²) < 4.78 is 82.6. The summed E-state index contributed by atoms with van der Waals surface area (Å²) in [5.74, 6) is 2.93. The molecule has 2 fully saturated rings. The molecule has 0 radical (unpaired) electrons. The summed E-state index contributed by atoms with van der Waals surface area (Å²) in [6.07, 6.45) is 13.3. The van der Waals surface area contributed by atoms with Crippen LogP contribution in [-0.4, -0.2) is 12.7 Å². The molecule has 6 aromatic rings. The minimum absolute atomic E-state index is 0.183. The van der Waals surface area contributed by atoms with E-state index in [1.54, 1.807) is 12.1 Å². The lowest BCUT2D eigenvalue weighted by atomic mass is 9.77. The van der Waals surface area contributed by atoms with Gasteiger partial charge in [-0.15, -0.1) is 26.3 Å². The zero-order valence-corrected chi connectivity index (χ0v) is 38.7. The van der Waals surface area contributed by atoms with Crippen LogP contribution in [0.4, 0.5) is 26.3 Å². The SMILES string of the molecule is CCCCC[C@H]1CC[C@H](c2ccc(CCc3ccc4cc(OC(F)(F)F)ccc4c3)cc2)CC1.CCC[C@H]1CC[C@H](c2ccc(CCc3ccc4cc(OC(F)(F)F)ccc4c3)cc2)CC1. The third-order valence-corrected chi connectivity index (χ3v) is 14.1. The highest BCUT2D eigenvalue weighted by molar-refractivity contribution is 5.85. The number of hydrogen-bond donors (Lipinski definition) is 0. The van der Waals surface area contributed by atoms with E-state index in [4.69, 9.17) is 0 Å². The van der Waals surface area contributed by atoms with Crippen molar-refractivity contribution in [1.82, 2.24) is 0 Å². The Morgan fingerprint density at radius 1 is 0.394 bits per heavy atom. The zero-order valence-electron chi connectivity index (χ0n) is 38.7. The molecule has 0 aromatic heterocycles. The monoisotopic (exact) mass is 908 g/mol. The van der Waals surface area contributed by atoms with E-state index in [0.717, 1.165) is 59.1 Å². The van der Waals surface area contributed by atoms with Gasteiger partial charge in [0, 0.05) is 0 Å². The van der Waals surface area contributed by atoms with E-state index in [9.17, 15) is 26.3 Å². The first-order chi connectivity index (χ1) is 31.8. The molecule has 0 aliphatic heterocycles. The highest BCUT2D eigenvalue weighted by Crippen LogP contribution is 2.39. The van der Waals surface area contributed by atoms with Crippen LogP contribution in [0.1, 0.15) is 149 Å². The van der Waals surface area contributed by atoms with Gasteiger partial charge in [-0.3, -0.25) is 0 Å². The number of halogens is 6. The molecule has 2 saturated carbocycles. The van der Waals surface area contributed by atoms with Gasteiger partial charge in [0.1, 0.15) is 11.5 Å². The Hall–Kier alpha value is -4.98. The summed E-state index contributed by atoms with van der Waals surface area (Å²) in [5, 5.41) is 3.34. The largest absolute Gasteiger partial charge is 0.573 e. The van der Waals surface area contributed by atoms with Crippen molar-refractivity contribution in [1.29, 1.82) is 0 Å². The number of fused-ring (bicyclic) bond motifs is 2. The summed E-state index contributed by atoms with van der Waals surface area (Å²) in [5.41, 5.74) is 7.97. The fourth-order valence-corrected chi connectivity index (χ4v) is 10.4. The molecule has 0 spiro atoms. The number of rotatable bonds is 16. The maximum absolute atomic E-state index is 12.4.